The van der Waals surface area contributed by atoms with Gasteiger partial charge in [0.25, 0.3) is 5.91 Å². The topological polar surface area (TPSA) is 64.1 Å². The lowest BCUT2D eigenvalue weighted by Crippen LogP contribution is -2.25. The Morgan fingerprint density at radius 1 is 1.35 bits per heavy atom. The van der Waals surface area contributed by atoms with E-state index in [1.54, 1.807) is 25.6 Å². The number of methoxy groups -OCH3 is 1. The van der Waals surface area contributed by atoms with Gasteiger partial charge in [0.05, 0.1) is 23.7 Å². The zero-order valence-electron chi connectivity index (χ0n) is 12.6. The fourth-order valence-electron chi connectivity index (χ4n) is 2.01. The van der Waals surface area contributed by atoms with E-state index in [4.69, 9.17) is 4.74 Å². The maximum atomic E-state index is 12.2. The summed E-state index contributed by atoms with van der Waals surface area (Å²) in [6.45, 7) is 1.93. The van der Waals surface area contributed by atoms with Crippen LogP contribution in [0.25, 0.3) is 11.3 Å². The molecule has 5 nitrogen and oxygen atoms in total. The number of hydrogen-bond donors (Lipinski definition) is 1. The van der Waals surface area contributed by atoms with Crippen molar-refractivity contribution < 1.29 is 9.53 Å². The molecule has 1 atom stereocenters. The van der Waals surface area contributed by atoms with E-state index >= 15 is 0 Å². The molecule has 3 aromatic rings. The molecule has 0 bridgehead atoms. The van der Waals surface area contributed by atoms with E-state index in [0.29, 0.717) is 10.6 Å². The van der Waals surface area contributed by atoms with Crippen LogP contribution >= 0.6 is 22.7 Å². The van der Waals surface area contributed by atoms with Gasteiger partial charge in [0, 0.05) is 34.8 Å². The Hall–Kier alpha value is -2.25. The van der Waals surface area contributed by atoms with E-state index in [1.165, 1.54) is 22.7 Å². The molecule has 3 rings (SSSR count). The average Bonchev–Trinajstić information content (AvgIpc) is 3.25. The van der Waals surface area contributed by atoms with Crippen molar-refractivity contribution in [1.29, 1.82) is 0 Å². The van der Waals surface area contributed by atoms with Gasteiger partial charge in [0.15, 0.2) is 0 Å². The summed E-state index contributed by atoms with van der Waals surface area (Å²) in [5, 5.41) is 7.61. The number of carbonyl (C=O) groups is 1. The molecule has 0 saturated heterocycles. The fourth-order valence-corrected chi connectivity index (χ4v) is 3.60. The Balaban J connectivity index is 1.70. The molecule has 23 heavy (non-hydrogen) atoms. The van der Waals surface area contributed by atoms with Gasteiger partial charge >= 0.3 is 0 Å². The SMILES string of the molecule is COc1csc(C(=O)NC(C)c2nc(-c3cccnc3)cs2)c1. The lowest BCUT2D eigenvalue weighted by molar-refractivity contribution is 0.0943. The number of thiophene rings is 1. The molecule has 1 amide bonds. The first-order valence-corrected chi connectivity index (χ1v) is 8.72. The van der Waals surface area contributed by atoms with E-state index < -0.39 is 0 Å². The predicted molar refractivity (Wildman–Crippen MR) is 92.1 cm³/mol. The third-order valence-electron chi connectivity index (χ3n) is 3.23. The van der Waals surface area contributed by atoms with Gasteiger partial charge in [0.2, 0.25) is 0 Å². The Morgan fingerprint density at radius 2 is 2.22 bits per heavy atom. The minimum absolute atomic E-state index is 0.121. The number of hydrogen-bond acceptors (Lipinski definition) is 6. The summed E-state index contributed by atoms with van der Waals surface area (Å²) in [4.78, 5) is 21.6. The van der Waals surface area contributed by atoms with Crippen LogP contribution in [0.1, 0.15) is 27.6 Å². The molecule has 3 heterocycles. The number of carbonyl (C=O) groups excluding carboxylic acids is 1. The fraction of sp³-hybridized carbons (Fsp3) is 0.188. The molecule has 0 radical (unpaired) electrons. The summed E-state index contributed by atoms with van der Waals surface area (Å²) < 4.78 is 5.10. The lowest BCUT2D eigenvalue weighted by Gasteiger charge is -2.10. The van der Waals surface area contributed by atoms with Gasteiger partial charge in [-0.25, -0.2) is 4.98 Å². The largest absolute Gasteiger partial charge is 0.496 e. The number of nitrogens with zero attached hydrogens (tertiary/aromatic N) is 2. The van der Waals surface area contributed by atoms with E-state index in [-0.39, 0.29) is 11.9 Å². The summed E-state index contributed by atoms with van der Waals surface area (Å²) in [6.07, 6.45) is 3.51. The third-order valence-corrected chi connectivity index (χ3v) is 5.17. The van der Waals surface area contributed by atoms with Gasteiger partial charge in [-0.2, -0.15) is 0 Å². The van der Waals surface area contributed by atoms with Gasteiger partial charge in [-0.15, -0.1) is 22.7 Å². The Bertz CT molecular complexity index is 799. The van der Waals surface area contributed by atoms with Crippen LogP contribution < -0.4 is 10.1 Å². The third kappa shape index (κ3) is 3.57. The molecule has 0 saturated carbocycles. The zero-order valence-corrected chi connectivity index (χ0v) is 14.3. The zero-order chi connectivity index (χ0) is 16.2. The lowest BCUT2D eigenvalue weighted by atomic mass is 10.2. The first-order valence-electron chi connectivity index (χ1n) is 6.96. The van der Waals surface area contributed by atoms with Gasteiger partial charge < -0.3 is 10.1 Å². The molecule has 0 aliphatic carbocycles. The van der Waals surface area contributed by atoms with Crippen molar-refractivity contribution >= 4 is 28.6 Å². The van der Waals surface area contributed by atoms with Crippen molar-refractivity contribution in [2.75, 3.05) is 7.11 Å². The van der Waals surface area contributed by atoms with Crippen LogP contribution in [0.2, 0.25) is 0 Å². The maximum Gasteiger partial charge on any atom is 0.262 e. The van der Waals surface area contributed by atoms with Crippen LogP contribution in [0.5, 0.6) is 5.75 Å². The quantitative estimate of drug-likeness (QED) is 0.764. The number of pyridine rings is 1. The van der Waals surface area contributed by atoms with Crippen molar-refractivity contribution in [3.8, 4) is 17.0 Å². The molecular weight excluding hydrogens is 330 g/mol. The molecule has 0 aliphatic rings. The summed E-state index contributed by atoms with van der Waals surface area (Å²) in [5.41, 5.74) is 1.84. The number of thiazole rings is 1. The number of ether oxygens (including phenoxy) is 1. The molecule has 118 valence electrons. The van der Waals surface area contributed by atoms with Crippen molar-refractivity contribution in [3.63, 3.8) is 0 Å². The van der Waals surface area contributed by atoms with E-state index in [0.717, 1.165) is 16.3 Å². The summed E-state index contributed by atoms with van der Waals surface area (Å²) >= 11 is 2.88. The number of amides is 1. The van der Waals surface area contributed by atoms with Gasteiger partial charge in [-0.05, 0) is 19.1 Å². The van der Waals surface area contributed by atoms with Gasteiger partial charge in [-0.3, -0.25) is 9.78 Å². The van der Waals surface area contributed by atoms with Crippen LogP contribution in [0.15, 0.2) is 41.4 Å². The predicted octanol–water partition coefficient (Wildman–Crippen LogP) is 3.77. The molecule has 1 N–H and O–H groups in total. The Labute approximate surface area is 142 Å². The molecule has 1 unspecified atom stereocenters. The number of aromatic nitrogens is 2. The standard InChI is InChI=1S/C16H15N3O2S2/c1-10(18-15(20)14-6-12(21-2)8-22-14)16-19-13(9-23-16)11-4-3-5-17-7-11/h3-10H,1-2H3,(H,18,20). The van der Waals surface area contributed by atoms with Crippen LogP contribution in [-0.4, -0.2) is 23.0 Å². The molecule has 7 heteroatoms. The van der Waals surface area contributed by atoms with Crippen molar-refractivity contribution in [2.45, 2.75) is 13.0 Å². The van der Waals surface area contributed by atoms with Crippen LogP contribution in [0.3, 0.4) is 0 Å². The second kappa shape index (κ2) is 6.89. The van der Waals surface area contributed by atoms with E-state index in [1.807, 2.05) is 29.8 Å². The van der Waals surface area contributed by atoms with Crippen molar-refractivity contribution in [1.82, 2.24) is 15.3 Å². The smallest absolute Gasteiger partial charge is 0.262 e. The first-order chi connectivity index (χ1) is 11.2. The maximum absolute atomic E-state index is 12.2. The average molecular weight is 345 g/mol. The highest BCUT2D eigenvalue weighted by atomic mass is 32.1. The first kappa shape index (κ1) is 15.6. The summed E-state index contributed by atoms with van der Waals surface area (Å²) in [6, 6.07) is 5.41. The monoisotopic (exact) mass is 345 g/mol. The Kier molecular flexibility index (Phi) is 4.68. The normalized spacial score (nSPS) is 11.9. The molecular formula is C16H15N3O2S2. The summed E-state index contributed by atoms with van der Waals surface area (Å²) in [7, 11) is 1.59. The molecule has 3 aromatic heterocycles. The molecule has 0 aromatic carbocycles. The summed E-state index contributed by atoms with van der Waals surface area (Å²) in [5.74, 6) is 0.574. The van der Waals surface area contributed by atoms with Crippen molar-refractivity contribution in [3.05, 3.63) is 51.2 Å². The molecule has 0 fully saturated rings. The highest BCUT2D eigenvalue weighted by molar-refractivity contribution is 7.12. The highest BCUT2D eigenvalue weighted by Crippen LogP contribution is 2.26. The Morgan fingerprint density at radius 3 is 2.91 bits per heavy atom. The minimum atomic E-state index is -0.161. The van der Waals surface area contributed by atoms with Crippen LogP contribution in [0, 0.1) is 0 Å². The number of rotatable bonds is 5. The second-order valence-electron chi connectivity index (χ2n) is 4.86. The van der Waals surface area contributed by atoms with Crippen molar-refractivity contribution in [2.24, 2.45) is 0 Å². The van der Waals surface area contributed by atoms with E-state index in [2.05, 4.69) is 15.3 Å². The van der Waals surface area contributed by atoms with Gasteiger partial charge in [-0.1, -0.05) is 0 Å². The molecule has 0 spiro atoms. The van der Waals surface area contributed by atoms with Crippen LogP contribution in [-0.2, 0) is 0 Å². The number of nitrogens with one attached hydrogen (secondary N) is 1. The van der Waals surface area contributed by atoms with Crippen LogP contribution in [0.4, 0.5) is 0 Å². The highest BCUT2D eigenvalue weighted by Gasteiger charge is 2.16. The molecule has 0 aliphatic heterocycles. The second-order valence-corrected chi connectivity index (χ2v) is 6.66. The van der Waals surface area contributed by atoms with E-state index in [9.17, 15) is 4.79 Å². The van der Waals surface area contributed by atoms with Gasteiger partial charge in [0.1, 0.15) is 10.8 Å². The minimum Gasteiger partial charge on any atom is -0.496 e.